The van der Waals surface area contributed by atoms with Crippen molar-refractivity contribution in [2.24, 2.45) is 5.41 Å². The molecule has 4 heteroatoms. The fourth-order valence-electron chi connectivity index (χ4n) is 6.49. The van der Waals surface area contributed by atoms with E-state index in [0.717, 1.165) is 39.7 Å². The van der Waals surface area contributed by atoms with Crippen molar-refractivity contribution in [3.63, 3.8) is 0 Å². The van der Waals surface area contributed by atoms with Crippen molar-refractivity contribution in [1.82, 2.24) is 4.57 Å². The first-order chi connectivity index (χ1) is 18.4. The van der Waals surface area contributed by atoms with Crippen LogP contribution in [0.25, 0.3) is 27.2 Å². The number of anilines is 1. The Labute approximate surface area is 221 Å². The third-order valence-electron chi connectivity index (χ3n) is 8.14. The largest absolute Gasteiger partial charge is 0.373 e. The third kappa shape index (κ3) is 3.66. The Morgan fingerprint density at radius 2 is 1.63 bits per heavy atom. The number of hydrogen-bond donors (Lipinski definition) is 1. The van der Waals surface area contributed by atoms with Gasteiger partial charge in [0.15, 0.2) is 5.78 Å². The van der Waals surface area contributed by atoms with Gasteiger partial charge in [0.05, 0.1) is 6.04 Å². The predicted molar refractivity (Wildman–Crippen MR) is 153 cm³/mol. The Kier molecular flexibility index (Phi) is 5.09. The molecular weight excluding hydrogens is 471 g/mol. The molecule has 1 N–H and O–H groups in total. The lowest BCUT2D eigenvalue weighted by Gasteiger charge is -2.40. The van der Waals surface area contributed by atoms with Crippen LogP contribution in [0.5, 0.6) is 0 Å². The van der Waals surface area contributed by atoms with Gasteiger partial charge in [0, 0.05) is 52.5 Å². The molecule has 0 radical (unpaired) electrons. The molecule has 5 aromatic rings. The number of benzene rings is 4. The van der Waals surface area contributed by atoms with Crippen LogP contribution in [0.3, 0.4) is 0 Å². The minimum atomic E-state index is -0.235. The van der Waals surface area contributed by atoms with Crippen LogP contribution in [0.2, 0.25) is 0 Å². The number of nitrogens with zero attached hydrogens (tertiary/aromatic N) is 1. The average molecular weight is 501 g/mol. The summed E-state index contributed by atoms with van der Waals surface area (Å²) in [7, 11) is 0. The quantitative estimate of drug-likeness (QED) is 0.270. The molecule has 2 heterocycles. The normalized spacial score (nSPS) is 18.4. The highest BCUT2D eigenvalue weighted by atomic mass is 19.1. The molecule has 7 rings (SSSR count). The van der Waals surface area contributed by atoms with Gasteiger partial charge in [-0.25, -0.2) is 4.39 Å². The van der Waals surface area contributed by atoms with E-state index in [-0.39, 0.29) is 23.1 Å². The number of carbonyl (C=O) groups excluding carboxylic acids is 1. The Balaban J connectivity index is 1.44. The molecule has 0 spiro atoms. The lowest BCUT2D eigenvalue weighted by atomic mass is 9.68. The van der Waals surface area contributed by atoms with Gasteiger partial charge in [-0.3, -0.25) is 4.79 Å². The van der Waals surface area contributed by atoms with Crippen LogP contribution in [0, 0.1) is 11.2 Å². The smallest absolute Gasteiger partial charge is 0.162 e. The average Bonchev–Trinajstić information content (AvgIpc) is 3.26. The minimum absolute atomic E-state index is 0.0946. The summed E-state index contributed by atoms with van der Waals surface area (Å²) in [5, 5.41) is 7.30. The lowest BCUT2D eigenvalue weighted by Crippen LogP contribution is -2.33. The van der Waals surface area contributed by atoms with E-state index in [1.165, 1.54) is 34.0 Å². The van der Waals surface area contributed by atoms with Crippen molar-refractivity contribution < 1.29 is 9.18 Å². The van der Waals surface area contributed by atoms with Crippen LogP contribution in [-0.4, -0.2) is 10.4 Å². The van der Waals surface area contributed by atoms with E-state index in [0.29, 0.717) is 13.0 Å². The number of halogens is 1. The zero-order valence-electron chi connectivity index (χ0n) is 21.6. The van der Waals surface area contributed by atoms with Crippen LogP contribution < -0.4 is 5.32 Å². The summed E-state index contributed by atoms with van der Waals surface area (Å²) < 4.78 is 15.8. The second kappa shape index (κ2) is 8.42. The van der Waals surface area contributed by atoms with Gasteiger partial charge in [-0.15, -0.1) is 0 Å². The number of ketones is 1. The number of nitrogens with one attached hydrogen (secondary N) is 1. The second-order valence-corrected chi connectivity index (χ2v) is 11.5. The first-order valence-corrected chi connectivity index (χ1v) is 13.3. The van der Waals surface area contributed by atoms with E-state index in [2.05, 4.69) is 84.5 Å². The zero-order valence-corrected chi connectivity index (χ0v) is 21.6. The molecule has 1 atom stereocenters. The van der Waals surface area contributed by atoms with E-state index in [1.54, 1.807) is 0 Å². The number of carbonyl (C=O) groups is 1. The molecule has 1 aliphatic heterocycles. The maximum Gasteiger partial charge on any atom is 0.162 e. The molecule has 1 aliphatic carbocycles. The molecule has 0 unspecified atom stereocenters. The van der Waals surface area contributed by atoms with Crippen LogP contribution >= 0.6 is 0 Å². The summed E-state index contributed by atoms with van der Waals surface area (Å²) in [5.74, 6) is -0.00898. The van der Waals surface area contributed by atoms with Gasteiger partial charge in [-0.1, -0.05) is 74.5 Å². The summed E-state index contributed by atoms with van der Waals surface area (Å²) in [4.78, 5) is 13.9. The summed E-state index contributed by atoms with van der Waals surface area (Å²) in [6, 6.07) is 27.6. The first kappa shape index (κ1) is 23.0. The van der Waals surface area contributed by atoms with Gasteiger partial charge in [0.2, 0.25) is 0 Å². The number of hydrogen-bond acceptors (Lipinski definition) is 2. The molecule has 3 nitrogen and oxygen atoms in total. The van der Waals surface area contributed by atoms with E-state index in [4.69, 9.17) is 0 Å². The van der Waals surface area contributed by atoms with Crippen molar-refractivity contribution in [1.29, 1.82) is 0 Å². The molecule has 0 fully saturated rings. The number of para-hydroxylation sites is 1. The summed E-state index contributed by atoms with van der Waals surface area (Å²) >= 11 is 0. The van der Waals surface area contributed by atoms with Gasteiger partial charge in [-0.2, -0.15) is 0 Å². The molecule has 4 aromatic carbocycles. The fraction of sp³-hybridized carbons (Fsp3) is 0.206. The monoisotopic (exact) mass is 500 g/mol. The lowest BCUT2D eigenvalue weighted by molar-refractivity contribution is -0.118. The van der Waals surface area contributed by atoms with Crippen LogP contribution in [0.4, 0.5) is 10.1 Å². The molecule has 0 saturated carbocycles. The molecule has 0 saturated heterocycles. The van der Waals surface area contributed by atoms with Crippen LogP contribution in [-0.2, 0) is 11.3 Å². The number of aromatic nitrogens is 1. The van der Waals surface area contributed by atoms with Crippen molar-refractivity contribution >= 4 is 38.7 Å². The number of allylic oxidation sites excluding steroid dienone is 1. The van der Waals surface area contributed by atoms with E-state index in [9.17, 15) is 9.18 Å². The predicted octanol–water partition coefficient (Wildman–Crippen LogP) is 8.29. The van der Waals surface area contributed by atoms with E-state index in [1.807, 2.05) is 18.2 Å². The van der Waals surface area contributed by atoms with Crippen molar-refractivity contribution in [2.75, 3.05) is 5.32 Å². The van der Waals surface area contributed by atoms with Gasteiger partial charge < -0.3 is 9.88 Å². The highest BCUT2D eigenvalue weighted by Crippen LogP contribution is 2.52. The Morgan fingerprint density at radius 3 is 2.45 bits per heavy atom. The Morgan fingerprint density at radius 1 is 0.895 bits per heavy atom. The Bertz CT molecular complexity index is 1770. The number of fused-ring (bicyclic) bond motifs is 5. The van der Waals surface area contributed by atoms with Gasteiger partial charge in [0.25, 0.3) is 0 Å². The summed E-state index contributed by atoms with van der Waals surface area (Å²) in [5.41, 5.74) is 7.46. The number of rotatable bonds is 3. The molecule has 1 aromatic heterocycles. The van der Waals surface area contributed by atoms with Crippen molar-refractivity contribution in [3.8, 4) is 0 Å². The standard InChI is InChI=1S/C34H29FN2O/c1-34(2)17-26-31-24-8-4-3-7-22(24)13-16-28(31)36-33(32(26)30(38)18-34)27-20-37(29-10-6-5-9-25(27)29)19-21-11-14-23(35)15-12-21/h3-16,20,33,36H,17-19H2,1-2H3/t33-/m1/s1. The van der Waals surface area contributed by atoms with Gasteiger partial charge in [-0.05, 0) is 58.0 Å². The second-order valence-electron chi connectivity index (χ2n) is 11.5. The van der Waals surface area contributed by atoms with E-state index >= 15 is 0 Å². The van der Waals surface area contributed by atoms with Crippen molar-refractivity contribution in [2.45, 2.75) is 39.3 Å². The molecule has 2 aliphatic rings. The van der Waals surface area contributed by atoms with Gasteiger partial charge in [0.1, 0.15) is 5.82 Å². The van der Waals surface area contributed by atoms with Crippen LogP contribution in [0.1, 0.15) is 49.4 Å². The molecular formula is C34H29FN2O. The topological polar surface area (TPSA) is 34.0 Å². The summed E-state index contributed by atoms with van der Waals surface area (Å²) in [6.45, 7) is 5.03. The molecule has 0 amide bonds. The van der Waals surface area contributed by atoms with Gasteiger partial charge >= 0.3 is 0 Å². The Hall–Kier alpha value is -4.18. The maximum atomic E-state index is 13.9. The zero-order chi connectivity index (χ0) is 26.0. The molecule has 188 valence electrons. The first-order valence-electron chi connectivity index (χ1n) is 13.3. The number of Topliss-reactive ketones (excluding diaryl/α,β-unsaturated/α-hetero) is 1. The SMILES string of the molecule is CC1(C)CC(=O)C2=C(C1)c1c(ccc3ccccc13)N[C@@H]2c1cn(Cc2ccc(F)cc2)c2ccccc12. The molecule has 38 heavy (non-hydrogen) atoms. The highest BCUT2D eigenvalue weighted by Gasteiger charge is 2.41. The van der Waals surface area contributed by atoms with Crippen LogP contribution in [0.15, 0.2) is 96.7 Å². The summed E-state index contributed by atoms with van der Waals surface area (Å²) in [6.07, 6.45) is 3.58. The van der Waals surface area contributed by atoms with Crippen molar-refractivity contribution in [3.05, 3.63) is 119 Å². The minimum Gasteiger partial charge on any atom is -0.373 e. The fourth-order valence-corrected chi connectivity index (χ4v) is 6.49. The third-order valence-corrected chi connectivity index (χ3v) is 8.14. The van der Waals surface area contributed by atoms with E-state index < -0.39 is 0 Å². The molecule has 0 bridgehead atoms. The highest BCUT2D eigenvalue weighted by molar-refractivity contribution is 6.13. The maximum absolute atomic E-state index is 13.9.